The Morgan fingerprint density at radius 2 is 1.12 bits per heavy atom. The predicted molar refractivity (Wildman–Crippen MR) is 102 cm³/mol. The first-order valence-corrected chi connectivity index (χ1v) is 9.40. The van der Waals surface area contributed by atoms with Crippen molar-refractivity contribution in [3.63, 3.8) is 0 Å². The molecule has 0 aliphatic rings. The summed E-state index contributed by atoms with van der Waals surface area (Å²) in [7, 11) is 0.464. The van der Waals surface area contributed by atoms with Crippen LogP contribution in [0.25, 0.3) is 0 Å². The van der Waals surface area contributed by atoms with E-state index in [0.717, 1.165) is 22.8 Å². The van der Waals surface area contributed by atoms with Crippen LogP contribution in [0.1, 0.15) is 18.1 Å². The van der Waals surface area contributed by atoms with Crippen LogP contribution in [-0.2, 0) is 0 Å². The van der Waals surface area contributed by atoms with Gasteiger partial charge >= 0.3 is 0 Å². The Bertz CT molecular complexity index is 719. The fourth-order valence-electron chi connectivity index (χ4n) is 2.35. The van der Waals surface area contributed by atoms with Crippen LogP contribution in [0.3, 0.4) is 0 Å². The Morgan fingerprint density at radius 1 is 0.640 bits per heavy atom. The minimum Gasteiger partial charge on any atom is -0.497 e. The maximum absolute atomic E-state index is 6.20. The van der Waals surface area contributed by atoms with E-state index in [9.17, 15) is 0 Å². The van der Waals surface area contributed by atoms with E-state index in [-0.39, 0.29) is 5.66 Å². The van der Waals surface area contributed by atoms with Crippen molar-refractivity contribution in [2.45, 2.75) is 12.6 Å². The van der Waals surface area contributed by atoms with E-state index in [1.807, 2.05) is 72.8 Å². The van der Waals surface area contributed by atoms with Gasteiger partial charge in [0.05, 0.1) is 12.8 Å². The second-order valence-corrected chi connectivity index (χ2v) is 7.25. The Kier molecular flexibility index (Phi) is 5.92. The summed E-state index contributed by atoms with van der Waals surface area (Å²) in [5.74, 6) is 2.46. The van der Waals surface area contributed by atoms with E-state index in [2.05, 4.69) is 19.1 Å². The molecule has 0 bridgehead atoms. The molecule has 0 aliphatic carbocycles. The predicted octanol–water partition coefficient (Wildman–Crippen LogP) is 6.23. The highest BCUT2D eigenvalue weighted by Gasteiger charge is 2.25. The van der Waals surface area contributed by atoms with E-state index >= 15 is 0 Å². The molecule has 0 saturated heterocycles. The van der Waals surface area contributed by atoms with Crippen molar-refractivity contribution in [1.82, 2.24) is 0 Å². The summed E-state index contributed by atoms with van der Waals surface area (Å²) in [6.07, 6.45) is 0. The van der Waals surface area contributed by atoms with Gasteiger partial charge in [-0.05, 0) is 48.9 Å². The van der Waals surface area contributed by atoms with Crippen LogP contribution in [0.2, 0.25) is 0 Å². The highest BCUT2D eigenvalue weighted by atomic mass is 31.2. The molecule has 1 atom stereocenters. The Hall–Kier alpha value is -2.51. The highest BCUT2D eigenvalue weighted by molar-refractivity contribution is 7.48. The Morgan fingerprint density at radius 3 is 1.56 bits per heavy atom. The first-order valence-electron chi connectivity index (χ1n) is 8.15. The van der Waals surface area contributed by atoms with Crippen molar-refractivity contribution >= 4 is 8.38 Å². The first-order chi connectivity index (χ1) is 12.3. The monoisotopic (exact) mass is 352 g/mol. The van der Waals surface area contributed by atoms with Crippen molar-refractivity contribution in [3.8, 4) is 17.2 Å². The maximum atomic E-state index is 6.20. The van der Waals surface area contributed by atoms with Gasteiger partial charge in [-0.15, -0.1) is 0 Å². The molecule has 0 heterocycles. The maximum Gasteiger partial charge on any atom is 0.298 e. The molecular weight excluding hydrogens is 331 g/mol. The first kappa shape index (κ1) is 17.3. The molecule has 0 radical (unpaired) electrons. The van der Waals surface area contributed by atoms with Crippen LogP contribution in [-0.4, -0.2) is 7.11 Å². The molecular formula is C21H21O3P. The van der Waals surface area contributed by atoms with Crippen LogP contribution in [0.5, 0.6) is 17.2 Å². The van der Waals surface area contributed by atoms with Crippen LogP contribution in [0, 0.1) is 0 Å². The molecule has 0 spiro atoms. The molecule has 25 heavy (non-hydrogen) atoms. The summed E-state index contributed by atoms with van der Waals surface area (Å²) >= 11 is 0. The molecule has 0 saturated carbocycles. The molecule has 0 N–H and O–H groups in total. The third-order valence-electron chi connectivity index (χ3n) is 3.79. The zero-order valence-electron chi connectivity index (χ0n) is 14.3. The summed E-state index contributed by atoms with van der Waals surface area (Å²) in [4.78, 5) is 0. The smallest absolute Gasteiger partial charge is 0.298 e. The second kappa shape index (κ2) is 8.55. The summed E-state index contributed by atoms with van der Waals surface area (Å²) in [5.41, 5.74) is 1.25. The number of para-hydroxylation sites is 2. The lowest BCUT2D eigenvalue weighted by Crippen LogP contribution is -2.03. The lowest BCUT2D eigenvalue weighted by molar-refractivity contribution is 0.414. The summed E-state index contributed by atoms with van der Waals surface area (Å²) in [6.45, 7) is 2.12. The number of rotatable bonds is 7. The average molecular weight is 352 g/mol. The highest BCUT2D eigenvalue weighted by Crippen LogP contribution is 2.52. The normalized spacial score (nSPS) is 11.8. The van der Waals surface area contributed by atoms with E-state index in [4.69, 9.17) is 13.8 Å². The van der Waals surface area contributed by atoms with E-state index in [1.54, 1.807) is 7.11 Å². The van der Waals surface area contributed by atoms with Crippen molar-refractivity contribution in [1.29, 1.82) is 0 Å². The second-order valence-electron chi connectivity index (χ2n) is 5.54. The molecule has 0 fully saturated rings. The topological polar surface area (TPSA) is 27.7 Å². The van der Waals surface area contributed by atoms with Gasteiger partial charge in [0.25, 0.3) is 8.38 Å². The van der Waals surface area contributed by atoms with Gasteiger partial charge in [-0.25, -0.2) is 0 Å². The Balaban J connectivity index is 1.83. The minimum atomic E-state index is -1.21. The summed E-state index contributed by atoms with van der Waals surface area (Å²) < 4.78 is 17.6. The van der Waals surface area contributed by atoms with Gasteiger partial charge in [-0.3, -0.25) is 0 Å². The quantitative estimate of drug-likeness (QED) is 0.472. The zero-order valence-corrected chi connectivity index (χ0v) is 15.2. The minimum absolute atomic E-state index is 0.0984. The number of hydrogen-bond acceptors (Lipinski definition) is 3. The van der Waals surface area contributed by atoms with Gasteiger partial charge in [0.15, 0.2) is 0 Å². The fourth-order valence-corrected chi connectivity index (χ4v) is 3.78. The van der Waals surface area contributed by atoms with E-state index < -0.39 is 8.38 Å². The molecule has 3 aromatic carbocycles. The van der Waals surface area contributed by atoms with Gasteiger partial charge in [0, 0.05) is 0 Å². The van der Waals surface area contributed by atoms with Crippen molar-refractivity contribution < 1.29 is 13.8 Å². The van der Waals surface area contributed by atoms with Gasteiger partial charge in [-0.2, -0.15) is 0 Å². The molecule has 0 aromatic heterocycles. The molecule has 0 aliphatic heterocycles. The lowest BCUT2D eigenvalue weighted by atomic mass is 10.2. The van der Waals surface area contributed by atoms with Crippen LogP contribution in [0.4, 0.5) is 0 Å². The van der Waals surface area contributed by atoms with Gasteiger partial charge < -0.3 is 13.8 Å². The molecule has 0 amide bonds. The molecule has 3 aromatic rings. The Labute approximate surface area is 150 Å². The SMILES string of the molecule is COc1ccc(C(C)P(Oc2ccccc2)Oc2ccccc2)cc1. The zero-order chi connectivity index (χ0) is 17.5. The molecule has 128 valence electrons. The van der Waals surface area contributed by atoms with E-state index in [0.29, 0.717) is 0 Å². The number of ether oxygens (including phenoxy) is 1. The molecule has 3 nitrogen and oxygen atoms in total. The van der Waals surface area contributed by atoms with Gasteiger partial charge in [0.2, 0.25) is 0 Å². The third-order valence-corrected chi connectivity index (χ3v) is 5.50. The van der Waals surface area contributed by atoms with Crippen molar-refractivity contribution in [2.24, 2.45) is 0 Å². The summed E-state index contributed by atoms with van der Waals surface area (Å²) in [5, 5.41) is 0. The van der Waals surface area contributed by atoms with Crippen LogP contribution < -0.4 is 13.8 Å². The standard InChI is InChI=1S/C21H21O3P/c1-17(18-13-15-19(22-2)16-14-18)25(23-20-9-5-3-6-10-20)24-21-11-7-4-8-12-21/h3-17H,1-2H3. The van der Waals surface area contributed by atoms with Gasteiger partial charge in [-0.1, -0.05) is 48.5 Å². The van der Waals surface area contributed by atoms with E-state index in [1.165, 1.54) is 0 Å². The van der Waals surface area contributed by atoms with Crippen molar-refractivity contribution in [2.75, 3.05) is 7.11 Å². The number of benzene rings is 3. The molecule has 3 rings (SSSR count). The summed E-state index contributed by atoms with van der Waals surface area (Å²) in [6, 6.07) is 27.6. The molecule has 4 heteroatoms. The number of methoxy groups -OCH3 is 1. The number of hydrogen-bond donors (Lipinski definition) is 0. The van der Waals surface area contributed by atoms with Crippen LogP contribution in [0.15, 0.2) is 84.9 Å². The molecule has 1 unspecified atom stereocenters. The van der Waals surface area contributed by atoms with Crippen molar-refractivity contribution in [3.05, 3.63) is 90.5 Å². The lowest BCUT2D eigenvalue weighted by Gasteiger charge is -2.24. The third kappa shape index (κ3) is 4.74. The largest absolute Gasteiger partial charge is 0.497 e. The van der Waals surface area contributed by atoms with Crippen LogP contribution >= 0.6 is 8.38 Å². The average Bonchev–Trinajstić information content (AvgIpc) is 2.68. The van der Waals surface area contributed by atoms with Gasteiger partial charge in [0.1, 0.15) is 17.2 Å². The fraction of sp³-hybridized carbons (Fsp3) is 0.143.